The summed E-state index contributed by atoms with van der Waals surface area (Å²) < 4.78 is 0. The van der Waals surface area contributed by atoms with Crippen molar-refractivity contribution in [3.63, 3.8) is 0 Å². The number of carbonyl (C=O) groups excluding carboxylic acids is 1. The third-order valence-corrected chi connectivity index (χ3v) is 2.32. The molecular weight excluding hydrogens is 180 g/mol. The van der Waals surface area contributed by atoms with Gasteiger partial charge in [0.1, 0.15) is 0 Å². The van der Waals surface area contributed by atoms with Gasteiger partial charge in [-0.2, -0.15) is 12.6 Å². The number of Topliss-reactive ketones (excluding diaryl/α,β-unsaturated/α-hetero) is 1. The van der Waals surface area contributed by atoms with Gasteiger partial charge in [0, 0.05) is 0 Å². The van der Waals surface area contributed by atoms with E-state index in [4.69, 9.17) is 0 Å². The molecule has 0 spiro atoms. The Labute approximate surface area is 83.9 Å². The van der Waals surface area contributed by atoms with Crippen molar-refractivity contribution in [1.29, 1.82) is 0 Å². The summed E-state index contributed by atoms with van der Waals surface area (Å²) in [5.74, 6) is -0.0190. The van der Waals surface area contributed by atoms with Crippen LogP contribution >= 0.6 is 12.6 Å². The van der Waals surface area contributed by atoms with Crippen LogP contribution in [-0.2, 0) is 4.79 Å². The summed E-state index contributed by atoms with van der Waals surface area (Å²) in [6.07, 6.45) is 0. The van der Waals surface area contributed by atoms with Crippen molar-refractivity contribution in [1.82, 2.24) is 0 Å². The number of thiol groups is 1. The normalized spacial score (nSPS) is 12.2. The molecule has 2 heteroatoms. The Hall–Kier alpha value is -1.02. The van der Waals surface area contributed by atoms with Crippen molar-refractivity contribution in [2.75, 3.05) is 0 Å². The molecule has 0 aliphatic rings. The van der Waals surface area contributed by atoms with Crippen molar-refractivity contribution in [3.8, 4) is 0 Å². The maximum absolute atomic E-state index is 11.5. The smallest absolute Gasteiger partial charge is 0.175 e. The van der Waals surface area contributed by atoms with Crippen molar-refractivity contribution < 1.29 is 4.79 Å². The lowest BCUT2D eigenvalue weighted by Gasteiger charge is -2.08. The molecule has 1 rings (SSSR count). The average molecular weight is 192 g/mol. The number of hydrogen-bond acceptors (Lipinski definition) is 2. The summed E-state index contributed by atoms with van der Waals surface area (Å²) in [5.41, 5.74) is 1.46. The lowest BCUT2D eigenvalue weighted by molar-refractivity contribution is -0.115. The lowest BCUT2D eigenvalue weighted by Crippen LogP contribution is -2.07. The lowest BCUT2D eigenvalue weighted by atomic mass is 10.0. The largest absolute Gasteiger partial charge is 0.293 e. The zero-order chi connectivity index (χ0) is 9.84. The van der Waals surface area contributed by atoms with Crippen LogP contribution in [0.4, 0.5) is 0 Å². The molecule has 1 aromatic carbocycles. The second-order valence-corrected chi connectivity index (χ2v) is 3.47. The molecular formula is C11H12OS. The van der Waals surface area contributed by atoms with Crippen LogP contribution in [0, 0.1) is 0 Å². The fourth-order valence-corrected chi connectivity index (χ4v) is 1.41. The Morgan fingerprint density at radius 2 is 1.92 bits per heavy atom. The predicted octanol–water partition coefficient (Wildman–Crippen LogP) is 2.80. The number of ketones is 1. The van der Waals surface area contributed by atoms with Crippen molar-refractivity contribution in [2.45, 2.75) is 12.2 Å². The summed E-state index contributed by atoms with van der Waals surface area (Å²) in [5, 5.41) is -0.376. The maximum atomic E-state index is 11.5. The summed E-state index contributed by atoms with van der Waals surface area (Å²) >= 11 is 4.24. The van der Waals surface area contributed by atoms with Crippen LogP contribution in [-0.4, -0.2) is 5.78 Å². The van der Waals surface area contributed by atoms with Gasteiger partial charge in [0.05, 0.1) is 5.25 Å². The summed E-state index contributed by atoms with van der Waals surface area (Å²) in [6.45, 7) is 5.31. The zero-order valence-corrected chi connectivity index (χ0v) is 8.42. The molecule has 0 radical (unpaired) electrons. The second kappa shape index (κ2) is 4.28. The highest BCUT2D eigenvalue weighted by molar-refractivity contribution is 7.81. The topological polar surface area (TPSA) is 17.1 Å². The van der Waals surface area contributed by atoms with E-state index in [1.165, 1.54) is 0 Å². The van der Waals surface area contributed by atoms with Crippen LogP contribution in [0.5, 0.6) is 0 Å². The van der Waals surface area contributed by atoms with Gasteiger partial charge >= 0.3 is 0 Å². The van der Waals surface area contributed by atoms with E-state index in [1.807, 2.05) is 30.3 Å². The number of hydrogen-bond donors (Lipinski definition) is 1. The van der Waals surface area contributed by atoms with Crippen LogP contribution < -0.4 is 0 Å². The molecule has 0 amide bonds. The SMILES string of the molecule is C=C(C)C(=O)C(S)c1ccccc1. The molecule has 1 nitrogen and oxygen atoms in total. The monoisotopic (exact) mass is 192 g/mol. The van der Waals surface area contributed by atoms with E-state index < -0.39 is 0 Å². The van der Waals surface area contributed by atoms with Gasteiger partial charge in [-0.1, -0.05) is 36.9 Å². The van der Waals surface area contributed by atoms with Gasteiger partial charge in [0.2, 0.25) is 0 Å². The van der Waals surface area contributed by atoms with E-state index in [1.54, 1.807) is 6.92 Å². The molecule has 0 aliphatic heterocycles. The zero-order valence-electron chi connectivity index (χ0n) is 7.53. The molecule has 1 unspecified atom stereocenters. The van der Waals surface area contributed by atoms with E-state index in [0.29, 0.717) is 5.57 Å². The van der Waals surface area contributed by atoms with E-state index in [0.717, 1.165) is 5.56 Å². The van der Waals surface area contributed by atoms with E-state index in [9.17, 15) is 4.79 Å². The third kappa shape index (κ3) is 2.46. The van der Waals surface area contributed by atoms with Crippen molar-refractivity contribution >= 4 is 18.4 Å². The van der Waals surface area contributed by atoms with E-state index >= 15 is 0 Å². The van der Waals surface area contributed by atoms with Gasteiger partial charge in [0.15, 0.2) is 5.78 Å². The Morgan fingerprint density at radius 1 is 1.38 bits per heavy atom. The summed E-state index contributed by atoms with van der Waals surface area (Å²) in [7, 11) is 0. The fraction of sp³-hybridized carbons (Fsp3) is 0.182. The minimum Gasteiger partial charge on any atom is -0.293 e. The first kappa shape index (κ1) is 10.1. The Bertz CT molecular complexity index is 316. The van der Waals surface area contributed by atoms with Crippen molar-refractivity contribution in [3.05, 3.63) is 48.0 Å². The first-order valence-electron chi connectivity index (χ1n) is 4.05. The second-order valence-electron chi connectivity index (χ2n) is 2.96. The number of carbonyl (C=O) groups is 1. The average Bonchev–Trinajstić information content (AvgIpc) is 2.17. The molecule has 0 bridgehead atoms. The highest BCUT2D eigenvalue weighted by Gasteiger charge is 2.15. The Morgan fingerprint density at radius 3 is 2.38 bits per heavy atom. The number of rotatable bonds is 3. The highest BCUT2D eigenvalue weighted by atomic mass is 32.1. The molecule has 0 N–H and O–H groups in total. The molecule has 0 saturated carbocycles. The number of benzene rings is 1. The molecule has 13 heavy (non-hydrogen) atoms. The first-order chi connectivity index (χ1) is 6.13. The molecule has 0 aliphatic carbocycles. The van der Waals surface area contributed by atoms with Gasteiger partial charge in [0.25, 0.3) is 0 Å². The van der Waals surface area contributed by atoms with Gasteiger partial charge < -0.3 is 0 Å². The molecule has 1 atom stereocenters. The quantitative estimate of drug-likeness (QED) is 0.575. The van der Waals surface area contributed by atoms with Gasteiger partial charge in [-0.3, -0.25) is 4.79 Å². The standard InChI is InChI=1S/C11H12OS/c1-8(2)10(12)11(13)9-6-4-3-5-7-9/h3-7,11,13H,1H2,2H3. The fourth-order valence-electron chi connectivity index (χ4n) is 1.02. The minimum absolute atomic E-state index is 0.0190. The maximum Gasteiger partial charge on any atom is 0.175 e. The van der Waals surface area contributed by atoms with Crippen molar-refractivity contribution in [2.24, 2.45) is 0 Å². The molecule has 0 heterocycles. The van der Waals surface area contributed by atoms with E-state index in [-0.39, 0.29) is 11.0 Å². The minimum atomic E-state index is -0.376. The third-order valence-electron chi connectivity index (χ3n) is 1.78. The predicted molar refractivity (Wildman–Crippen MR) is 58.0 cm³/mol. The summed E-state index contributed by atoms with van der Waals surface area (Å²) in [6, 6.07) is 9.47. The van der Waals surface area contributed by atoms with E-state index in [2.05, 4.69) is 19.2 Å². The van der Waals surface area contributed by atoms with Gasteiger partial charge in [-0.05, 0) is 18.1 Å². The molecule has 68 valence electrons. The summed E-state index contributed by atoms with van der Waals surface area (Å²) in [4.78, 5) is 11.5. The highest BCUT2D eigenvalue weighted by Crippen LogP contribution is 2.22. The van der Waals surface area contributed by atoms with Gasteiger partial charge in [-0.15, -0.1) is 0 Å². The van der Waals surface area contributed by atoms with Gasteiger partial charge in [-0.25, -0.2) is 0 Å². The van der Waals surface area contributed by atoms with Crippen LogP contribution in [0.25, 0.3) is 0 Å². The first-order valence-corrected chi connectivity index (χ1v) is 4.57. The molecule has 0 saturated heterocycles. The number of allylic oxidation sites excluding steroid dienone is 1. The molecule has 1 aromatic rings. The van der Waals surface area contributed by atoms with Crippen LogP contribution in [0.2, 0.25) is 0 Å². The molecule has 0 fully saturated rings. The Kier molecular flexibility index (Phi) is 3.32. The Balaban J connectivity index is 2.86. The van der Waals surface area contributed by atoms with Crippen LogP contribution in [0.3, 0.4) is 0 Å². The van der Waals surface area contributed by atoms with Crippen LogP contribution in [0.1, 0.15) is 17.7 Å². The molecule has 0 aromatic heterocycles. The van der Waals surface area contributed by atoms with Crippen LogP contribution in [0.15, 0.2) is 42.5 Å².